The number of anilines is 1. The van der Waals surface area contributed by atoms with E-state index >= 15 is 0 Å². The lowest BCUT2D eigenvalue weighted by atomic mass is 10.0. The highest BCUT2D eigenvalue weighted by Gasteiger charge is 2.31. The number of nitrogens with one attached hydrogen (secondary N) is 1. The van der Waals surface area contributed by atoms with Crippen LogP contribution in [0.5, 0.6) is 0 Å². The summed E-state index contributed by atoms with van der Waals surface area (Å²) in [6, 6.07) is 6.68. The molecule has 1 saturated heterocycles. The molecular formula is C18H27N3O. The van der Waals surface area contributed by atoms with Crippen LogP contribution in [0, 0.1) is 18.8 Å². The molecule has 3 aliphatic rings. The molecule has 2 fully saturated rings. The second-order valence-electron chi connectivity index (χ2n) is 7.09. The zero-order chi connectivity index (χ0) is 14.9. The molecule has 1 aliphatic carbocycles. The Labute approximate surface area is 133 Å². The molecule has 0 radical (unpaired) electrons. The maximum atomic E-state index is 5.88. The molecule has 0 aromatic heterocycles. The highest BCUT2D eigenvalue weighted by molar-refractivity contribution is 5.59. The fourth-order valence-corrected chi connectivity index (χ4v) is 3.44. The maximum Gasteiger partial charge on any atom is 0.0657 e. The van der Waals surface area contributed by atoms with Gasteiger partial charge in [-0.3, -0.25) is 0 Å². The largest absolute Gasteiger partial charge is 0.379 e. The number of benzene rings is 1. The summed E-state index contributed by atoms with van der Waals surface area (Å²) < 4.78 is 5.88. The smallest absolute Gasteiger partial charge is 0.0657 e. The summed E-state index contributed by atoms with van der Waals surface area (Å²) in [6.45, 7) is 9.54. The Morgan fingerprint density at radius 3 is 2.82 bits per heavy atom. The first-order valence-corrected chi connectivity index (χ1v) is 8.70. The highest BCUT2D eigenvalue weighted by atomic mass is 16.5. The molecule has 120 valence electrons. The van der Waals surface area contributed by atoms with Gasteiger partial charge in [0.1, 0.15) is 0 Å². The van der Waals surface area contributed by atoms with Crippen molar-refractivity contribution in [1.29, 1.82) is 0 Å². The molecule has 1 aromatic carbocycles. The number of nitrogens with zero attached hydrogens (tertiary/aromatic N) is 2. The predicted octanol–water partition coefficient (Wildman–Crippen LogP) is 2.18. The second kappa shape index (κ2) is 6.19. The Bertz CT molecular complexity index is 525. The van der Waals surface area contributed by atoms with E-state index in [1.807, 2.05) is 0 Å². The first kappa shape index (κ1) is 14.5. The Balaban J connectivity index is 1.41. The molecule has 1 N–H and O–H groups in total. The van der Waals surface area contributed by atoms with Gasteiger partial charge in [0.15, 0.2) is 0 Å². The topological polar surface area (TPSA) is 27.7 Å². The number of aryl methyl sites for hydroxylation is 1. The van der Waals surface area contributed by atoms with Gasteiger partial charge in [-0.15, -0.1) is 0 Å². The molecule has 1 aromatic rings. The number of hydrogen-bond acceptors (Lipinski definition) is 4. The summed E-state index contributed by atoms with van der Waals surface area (Å²) in [5.74, 6) is 1.65. The van der Waals surface area contributed by atoms with Crippen molar-refractivity contribution >= 4 is 5.69 Å². The van der Waals surface area contributed by atoms with Gasteiger partial charge in [0.05, 0.1) is 18.8 Å². The van der Waals surface area contributed by atoms with Crippen molar-refractivity contribution in [2.24, 2.45) is 11.8 Å². The SMILES string of the molecule is Cc1cccc2c1CN(CC1CNC1)N2CCOCC1CC1. The number of ether oxygens (including phenoxy) is 1. The lowest BCUT2D eigenvalue weighted by Gasteiger charge is -2.36. The Kier molecular flexibility index (Phi) is 4.07. The minimum atomic E-state index is 0.796. The monoisotopic (exact) mass is 301 g/mol. The Morgan fingerprint density at radius 2 is 2.09 bits per heavy atom. The maximum absolute atomic E-state index is 5.88. The summed E-state index contributed by atoms with van der Waals surface area (Å²) in [6.07, 6.45) is 2.74. The van der Waals surface area contributed by atoms with Crippen molar-refractivity contribution in [3.63, 3.8) is 0 Å². The van der Waals surface area contributed by atoms with E-state index in [4.69, 9.17) is 4.74 Å². The molecular weight excluding hydrogens is 274 g/mol. The van der Waals surface area contributed by atoms with E-state index in [1.165, 1.54) is 29.7 Å². The van der Waals surface area contributed by atoms with Gasteiger partial charge in [0.25, 0.3) is 0 Å². The van der Waals surface area contributed by atoms with Gasteiger partial charge in [-0.25, -0.2) is 5.01 Å². The summed E-state index contributed by atoms with van der Waals surface area (Å²) in [5.41, 5.74) is 4.30. The van der Waals surface area contributed by atoms with Crippen molar-refractivity contribution in [3.8, 4) is 0 Å². The van der Waals surface area contributed by atoms with Crippen LogP contribution in [-0.4, -0.2) is 44.4 Å². The fourth-order valence-electron chi connectivity index (χ4n) is 3.44. The predicted molar refractivity (Wildman–Crippen MR) is 88.8 cm³/mol. The van der Waals surface area contributed by atoms with Crippen LogP contribution in [0.15, 0.2) is 18.2 Å². The van der Waals surface area contributed by atoms with Crippen molar-refractivity contribution in [1.82, 2.24) is 10.3 Å². The third-order valence-corrected chi connectivity index (χ3v) is 5.18. The van der Waals surface area contributed by atoms with Gasteiger partial charge < -0.3 is 15.1 Å². The van der Waals surface area contributed by atoms with Crippen LogP contribution < -0.4 is 10.3 Å². The molecule has 22 heavy (non-hydrogen) atoms. The number of fused-ring (bicyclic) bond motifs is 1. The molecule has 2 heterocycles. The van der Waals surface area contributed by atoms with Crippen molar-refractivity contribution in [2.45, 2.75) is 26.3 Å². The number of hydrogen-bond donors (Lipinski definition) is 1. The zero-order valence-corrected chi connectivity index (χ0v) is 13.6. The second-order valence-corrected chi connectivity index (χ2v) is 7.09. The van der Waals surface area contributed by atoms with Gasteiger partial charge in [-0.1, -0.05) is 12.1 Å². The van der Waals surface area contributed by atoms with E-state index in [2.05, 4.69) is 40.5 Å². The third-order valence-electron chi connectivity index (χ3n) is 5.18. The van der Waals surface area contributed by atoms with E-state index in [0.29, 0.717) is 0 Å². The summed E-state index contributed by atoms with van der Waals surface area (Å²) >= 11 is 0. The molecule has 0 spiro atoms. The van der Waals surface area contributed by atoms with E-state index in [-0.39, 0.29) is 0 Å². The molecule has 4 rings (SSSR count). The van der Waals surface area contributed by atoms with Gasteiger partial charge in [-0.2, -0.15) is 0 Å². The van der Waals surface area contributed by atoms with Crippen molar-refractivity contribution < 1.29 is 4.74 Å². The van der Waals surface area contributed by atoms with Crippen LogP contribution in [0.2, 0.25) is 0 Å². The lowest BCUT2D eigenvalue weighted by Crippen LogP contribution is -2.51. The minimum Gasteiger partial charge on any atom is -0.379 e. The van der Waals surface area contributed by atoms with Crippen LogP contribution >= 0.6 is 0 Å². The van der Waals surface area contributed by atoms with Crippen LogP contribution in [-0.2, 0) is 11.3 Å². The first-order valence-electron chi connectivity index (χ1n) is 8.70. The Hall–Kier alpha value is -1.10. The summed E-state index contributed by atoms with van der Waals surface area (Å²) in [5, 5.41) is 8.38. The number of hydrazine groups is 1. The van der Waals surface area contributed by atoms with E-state index in [0.717, 1.165) is 57.8 Å². The average Bonchev–Trinajstić information content (AvgIpc) is 3.22. The fraction of sp³-hybridized carbons (Fsp3) is 0.667. The van der Waals surface area contributed by atoms with Crippen LogP contribution in [0.4, 0.5) is 5.69 Å². The molecule has 0 amide bonds. The van der Waals surface area contributed by atoms with Crippen LogP contribution in [0.1, 0.15) is 24.0 Å². The van der Waals surface area contributed by atoms with Crippen molar-refractivity contribution in [3.05, 3.63) is 29.3 Å². The normalized spacial score (nSPS) is 22.0. The van der Waals surface area contributed by atoms with E-state index < -0.39 is 0 Å². The van der Waals surface area contributed by atoms with Gasteiger partial charge in [0, 0.05) is 32.8 Å². The Morgan fingerprint density at radius 1 is 1.23 bits per heavy atom. The quantitative estimate of drug-likeness (QED) is 0.781. The first-order chi connectivity index (χ1) is 10.8. The van der Waals surface area contributed by atoms with Gasteiger partial charge >= 0.3 is 0 Å². The summed E-state index contributed by atoms with van der Waals surface area (Å²) in [4.78, 5) is 0. The molecule has 4 nitrogen and oxygen atoms in total. The van der Waals surface area contributed by atoms with E-state index in [9.17, 15) is 0 Å². The van der Waals surface area contributed by atoms with E-state index in [1.54, 1.807) is 0 Å². The van der Waals surface area contributed by atoms with Gasteiger partial charge in [0.2, 0.25) is 0 Å². The lowest BCUT2D eigenvalue weighted by molar-refractivity contribution is 0.112. The number of rotatable bonds is 7. The third kappa shape index (κ3) is 3.00. The van der Waals surface area contributed by atoms with Crippen LogP contribution in [0.3, 0.4) is 0 Å². The van der Waals surface area contributed by atoms with Crippen molar-refractivity contribution in [2.75, 3.05) is 44.4 Å². The molecule has 2 aliphatic heterocycles. The standard InChI is InChI=1S/C18H27N3O/c1-14-3-2-4-18-17(14)12-20(11-16-9-19-10-16)21(18)7-8-22-13-15-5-6-15/h2-4,15-16,19H,5-13H2,1H3. The molecule has 0 bridgehead atoms. The average molecular weight is 301 g/mol. The van der Waals surface area contributed by atoms with Crippen LogP contribution in [0.25, 0.3) is 0 Å². The highest BCUT2D eigenvalue weighted by Crippen LogP contribution is 2.34. The summed E-state index contributed by atoms with van der Waals surface area (Å²) in [7, 11) is 0. The molecule has 1 saturated carbocycles. The minimum absolute atomic E-state index is 0.796. The van der Waals surface area contributed by atoms with Gasteiger partial charge in [-0.05, 0) is 48.8 Å². The zero-order valence-electron chi connectivity index (χ0n) is 13.6. The molecule has 0 unspecified atom stereocenters. The molecule has 0 atom stereocenters. The molecule has 4 heteroatoms.